The highest BCUT2D eigenvalue weighted by Gasteiger charge is 2.24. The average molecular weight is 371 g/mol. The Labute approximate surface area is 165 Å². The molecule has 3 heteroatoms. The Balaban J connectivity index is 1.69. The van der Waals surface area contributed by atoms with Crippen molar-refractivity contribution in [1.29, 1.82) is 5.26 Å². The molecule has 0 fully saturated rings. The van der Waals surface area contributed by atoms with Crippen molar-refractivity contribution in [2.24, 2.45) is 0 Å². The summed E-state index contributed by atoms with van der Waals surface area (Å²) < 4.78 is 19.0. The van der Waals surface area contributed by atoms with Crippen LogP contribution in [0.25, 0.3) is 11.1 Å². The summed E-state index contributed by atoms with van der Waals surface area (Å²) in [5.74, 6) is 0.502. The molecule has 1 unspecified atom stereocenters. The van der Waals surface area contributed by atoms with Gasteiger partial charge in [-0.2, -0.15) is 5.26 Å². The van der Waals surface area contributed by atoms with Crippen molar-refractivity contribution in [3.05, 3.63) is 102 Å². The van der Waals surface area contributed by atoms with Crippen molar-refractivity contribution >= 4 is 0 Å². The quantitative estimate of drug-likeness (QED) is 0.448. The van der Waals surface area contributed by atoms with Crippen molar-refractivity contribution in [1.82, 2.24) is 0 Å². The van der Waals surface area contributed by atoms with E-state index in [4.69, 9.17) is 4.74 Å². The van der Waals surface area contributed by atoms with E-state index in [1.807, 2.05) is 55.5 Å². The molecule has 0 aromatic heterocycles. The first-order chi connectivity index (χ1) is 13.5. The number of hydrogen-bond acceptors (Lipinski definition) is 2. The van der Waals surface area contributed by atoms with Crippen LogP contribution in [0.15, 0.2) is 85.5 Å². The Morgan fingerprint density at radius 1 is 1.04 bits per heavy atom. The maximum atomic E-state index is 13.1. The normalized spacial score (nSPS) is 12.6. The molecule has 0 saturated carbocycles. The lowest BCUT2D eigenvalue weighted by Gasteiger charge is -2.20. The third-order valence-electron chi connectivity index (χ3n) is 4.80. The van der Waals surface area contributed by atoms with Crippen molar-refractivity contribution < 1.29 is 9.13 Å². The zero-order valence-electron chi connectivity index (χ0n) is 15.9. The van der Waals surface area contributed by atoms with Crippen LogP contribution in [0.3, 0.4) is 0 Å². The number of hydrogen-bond donors (Lipinski definition) is 0. The first-order valence-corrected chi connectivity index (χ1v) is 9.14. The van der Waals surface area contributed by atoms with E-state index >= 15 is 0 Å². The molecule has 3 aromatic carbocycles. The molecule has 0 amide bonds. The van der Waals surface area contributed by atoms with E-state index in [2.05, 4.69) is 12.6 Å². The van der Waals surface area contributed by atoms with Crippen LogP contribution in [-0.2, 0) is 12.0 Å². The summed E-state index contributed by atoms with van der Waals surface area (Å²) in [5.41, 5.74) is 3.38. The molecule has 2 nitrogen and oxygen atoms in total. The average Bonchev–Trinajstić information content (AvgIpc) is 2.73. The van der Waals surface area contributed by atoms with Gasteiger partial charge in [-0.05, 0) is 65.9 Å². The van der Waals surface area contributed by atoms with Crippen molar-refractivity contribution in [2.75, 3.05) is 0 Å². The Bertz CT molecular complexity index is 986. The van der Waals surface area contributed by atoms with Crippen LogP contribution in [0.5, 0.6) is 5.75 Å². The lowest BCUT2D eigenvalue weighted by molar-refractivity contribution is 0.306. The molecule has 0 bridgehead atoms. The van der Waals surface area contributed by atoms with Crippen LogP contribution in [0, 0.1) is 17.1 Å². The molecule has 0 spiro atoms. The molecule has 28 heavy (non-hydrogen) atoms. The zero-order chi connectivity index (χ0) is 20.0. The molecule has 3 aromatic rings. The molecule has 3 rings (SSSR count). The summed E-state index contributed by atoms with van der Waals surface area (Å²) in [7, 11) is 0. The number of nitrogens with zero attached hydrogens (tertiary/aromatic N) is 1. The topological polar surface area (TPSA) is 33.0 Å². The molecule has 140 valence electrons. The van der Waals surface area contributed by atoms with Crippen LogP contribution in [-0.4, -0.2) is 0 Å². The standard InChI is InChI=1S/C25H22FNO/c1-3-15-25(2,18-27)22-9-13-24(14-10-22)28-17-19-5-4-6-21(16-19)20-7-11-23(26)12-8-20/h3-14,16H,1,15,17H2,2H3. The van der Waals surface area contributed by atoms with E-state index in [1.165, 1.54) is 12.1 Å². The SMILES string of the molecule is C=CCC(C)(C#N)c1ccc(OCc2cccc(-c3ccc(F)cc3)c2)cc1. The minimum Gasteiger partial charge on any atom is -0.489 e. The lowest BCUT2D eigenvalue weighted by atomic mass is 9.81. The second kappa shape index (κ2) is 8.54. The van der Waals surface area contributed by atoms with Gasteiger partial charge in [-0.1, -0.05) is 48.5 Å². The number of benzene rings is 3. The molecule has 0 heterocycles. The minimum absolute atomic E-state index is 0.243. The summed E-state index contributed by atoms with van der Waals surface area (Å²) in [6.07, 6.45) is 2.36. The van der Waals surface area contributed by atoms with Gasteiger partial charge in [0, 0.05) is 0 Å². The van der Waals surface area contributed by atoms with E-state index in [1.54, 1.807) is 18.2 Å². The fraction of sp³-hybridized carbons (Fsp3) is 0.160. The highest BCUT2D eigenvalue weighted by atomic mass is 19.1. The number of nitriles is 1. The minimum atomic E-state index is -0.580. The Morgan fingerprint density at radius 3 is 2.39 bits per heavy atom. The number of allylic oxidation sites excluding steroid dienone is 1. The molecule has 0 N–H and O–H groups in total. The molecule has 0 aliphatic heterocycles. The molecule has 0 aliphatic carbocycles. The fourth-order valence-corrected chi connectivity index (χ4v) is 3.09. The van der Waals surface area contributed by atoms with Crippen molar-refractivity contribution in [2.45, 2.75) is 25.4 Å². The van der Waals surface area contributed by atoms with Gasteiger partial charge in [0.05, 0.1) is 11.5 Å². The van der Waals surface area contributed by atoms with Crippen LogP contribution in [0.4, 0.5) is 4.39 Å². The van der Waals surface area contributed by atoms with Crippen LogP contribution in [0.2, 0.25) is 0 Å². The van der Waals surface area contributed by atoms with Gasteiger partial charge in [-0.3, -0.25) is 0 Å². The van der Waals surface area contributed by atoms with E-state index in [9.17, 15) is 9.65 Å². The summed E-state index contributed by atoms with van der Waals surface area (Å²) in [6.45, 7) is 6.07. The molecular formula is C25H22FNO. The fourth-order valence-electron chi connectivity index (χ4n) is 3.09. The summed E-state index contributed by atoms with van der Waals surface area (Å²) in [6, 6.07) is 24.4. The predicted octanol–water partition coefficient (Wildman–Crippen LogP) is 6.43. The van der Waals surface area contributed by atoms with E-state index < -0.39 is 5.41 Å². The summed E-state index contributed by atoms with van der Waals surface area (Å²) in [5, 5.41) is 9.48. The summed E-state index contributed by atoms with van der Waals surface area (Å²) in [4.78, 5) is 0. The van der Waals surface area contributed by atoms with Crippen LogP contribution < -0.4 is 4.74 Å². The number of ether oxygens (including phenoxy) is 1. The second-order valence-electron chi connectivity index (χ2n) is 6.96. The van der Waals surface area contributed by atoms with Gasteiger partial charge in [0.15, 0.2) is 0 Å². The molecule has 1 atom stereocenters. The third-order valence-corrected chi connectivity index (χ3v) is 4.80. The maximum Gasteiger partial charge on any atom is 0.123 e. The van der Waals surface area contributed by atoms with Gasteiger partial charge < -0.3 is 4.74 Å². The Kier molecular flexibility index (Phi) is 5.91. The smallest absolute Gasteiger partial charge is 0.123 e. The molecule has 0 saturated heterocycles. The molecule has 0 aliphatic rings. The summed E-state index contributed by atoms with van der Waals surface area (Å²) >= 11 is 0. The number of halogens is 1. The lowest BCUT2D eigenvalue weighted by Crippen LogP contribution is -2.18. The van der Waals surface area contributed by atoms with Crippen LogP contribution in [0.1, 0.15) is 24.5 Å². The monoisotopic (exact) mass is 371 g/mol. The maximum absolute atomic E-state index is 13.1. The van der Waals surface area contributed by atoms with Gasteiger partial charge >= 0.3 is 0 Å². The number of rotatable bonds is 7. The van der Waals surface area contributed by atoms with Gasteiger partial charge in [-0.25, -0.2) is 4.39 Å². The Morgan fingerprint density at radius 2 is 1.75 bits per heavy atom. The third kappa shape index (κ3) is 4.47. The van der Waals surface area contributed by atoms with Gasteiger partial charge in [0.25, 0.3) is 0 Å². The van der Waals surface area contributed by atoms with E-state index in [0.29, 0.717) is 13.0 Å². The highest BCUT2D eigenvalue weighted by molar-refractivity contribution is 5.64. The largest absolute Gasteiger partial charge is 0.489 e. The Hall–Kier alpha value is -3.38. The second-order valence-corrected chi connectivity index (χ2v) is 6.96. The predicted molar refractivity (Wildman–Crippen MR) is 110 cm³/mol. The zero-order valence-corrected chi connectivity index (χ0v) is 15.9. The van der Waals surface area contributed by atoms with E-state index in [-0.39, 0.29) is 5.82 Å². The van der Waals surface area contributed by atoms with Crippen molar-refractivity contribution in [3.8, 4) is 22.9 Å². The first-order valence-electron chi connectivity index (χ1n) is 9.14. The van der Waals surface area contributed by atoms with Crippen LogP contribution >= 0.6 is 0 Å². The molecule has 0 radical (unpaired) electrons. The van der Waals surface area contributed by atoms with E-state index in [0.717, 1.165) is 28.0 Å². The highest BCUT2D eigenvalue weighted by Crippen LogP contribution is 2.29. The van der Waals surface area contributed by atoms with Gasteiger partial charge in [-0.15, -0.1) is 6.58 Å². The molecular weight excluding hydrogens is 349 g/mol. The van der Waals surface area contributed by atoms with Crippen molar-refractivity contribution in [3.63, 3.8) is 0 Å². The van der Waals surface area contributed by atoms with Gasteiger partial charge in [0.2, 0.25) is 0 Å². The van der Waals surface area contributed by atoms with Gasteiger partial charge in [0.1, 0.15) is 18.2 Å². The first kappa shape index (κ1) is 19.4.